The first-order chi connectivity index (χ1) is 16.3. The van der Waals surface area contributed by atoms with E-state index in [1.165, 1.54) is 32.4 Å². The third-order valence-electron chi connectivity index (χ3n) is 4.77. The van der Waals surface area contributed by atoms with Crippen LogP contribution in [-0.4, -0.2) is 31.2 Å². The third kappa shape index (κ3) is 6.58. The fraction of sp³-hybridized carbons (Fsp3) is 0.217. The van der Waals surface area contributed by atoms with Crippen LogP contribution in [0, 0.1) is 20.2 Å². The number of methoxy groups -OCH3 is 3. The van der Waals surface area contributed by atoms with Gasteiger partial charge in [-0.2, -0.15) is 0 Å². The number of para-hydroxylation sites is 1. The lowest BCUT2D eigenvalue weighted by molar-refractivity contribution is -0.385. The molecule has 0 fully saturated rings. The van der Waals surface area contributed by atoms with Gasteiger partial charge in [0.25, 0.3) is 11.4 Å². The molecule has 3 rings (SSSR count). The average molecular weight is 554 g/mol. The molecule has 0 atom stereocenters. The van der Waals surface area contributed by atoms with E-state index < -0.39 is 9.85 Å². The highest BCUT2D eigenvalue weighted by Gasteiger charge is 2.24. The largest absolute Gasteiger partial charge is 0.496 e. The Kier molecular flexibility index (Phi) is 10.1. The van der Waals surface area contributed by atoms with Crippen molar-refractivity contribution in [3.8, 4) is 17.2 Å². The van der Waals surface area contributed by atoms with Gasteiger partial charge in [-0.25, -0.2) is 0 Å². The highest BCUT2D eigenvalue weighted by Crippen LogP contribution is 2.37. The lowest BCUT2D eigenvalue weighted by atomic mass is 10.0. The molecule has 0 bridgehead atoms. The molecule has 3 aromatic carbocycles. The summed E-state index contributed by atoms with van der Waals surface area (Å²) in [7, 11) is 4.56. The number of hydrogen-bond donors (Lipinski definition) is 0. The number of benzene rings is 3. The Labute approximate surface area is 209 Å². The summed E-state index contributed by atoms with van der Waals surface area (Å²) in [5.74, 6) is 1.74. The third-order valence-corrected chi connectivity index (χ3v) is 5.68. The standard InChI is InChI=1S/C15H14ClNO4.C8H8BrNO3/c1-20-13-6-4-3-5-10(13)9-11-14(21-2)8-7-12(16)15(11)17(18)19;1-13-8-3-2-7(10(11)12)4-6(8)5-9/h3-8H,9H2,1-2H3;2-4H,5H2,1H3. The van der Waals surface area contributed by atoms with E-state index in [9.17, 15) is 20.2 Å². The molecular formula is C23H22BrClN2O7. The zero-order valence-corrected chi connectivity index (χ0v) is 21.0. The predicted octanol–water partition coefficient (Wildman–Crippen LogP) is 6.35. The highest BCUT2D eigenvalue weighted by molar-refractivity contribution is 9.08. The van der Waals surface area contributed by atoms with E-state index >= 15 is 0 Å². The topological polar surface area (TPSA) is 114 Å². The highest BCUT2D eigenvalue weighted by atomic mass is 79.9. The molecule has 0 radical (unpaired) electrons. The Morgan fingerprint density at radius 3 is 1.97 bits per heavy atom. The van der Waals surface area contributed by atoms with Crippen molar-refractivity contribution in [3.05, 3.63) is 96.5 Å². The van der Waals surface area contributed by atoms with Crippen LogP contribution < -0.4 is 14.2 Å². The summed E-state index contributed by atoms with van der Waals surface area (Å²) in [4.78, 5) is 20.8. The maximum absolute atomic E-state index is 11.3. The smallest absolute Gasteiger partial charge is 0.295 e. The van der Waals surface area contributed by atoms with Crippen LogP contribution in [0.15, 0.2) is 54.6 Å². The van der Waals surface area contributed by atoms with Crippen molar-refractivity contribution in [3.63, 3.8) is 0 Å². The van der Waals surface area contributed by atoms with Crippen LogP contribution in [0.4, 0.5) is 11.4 Å². The molecule has 0 amide bonds. The Balaban J connectivity index is 0.000000270. The summed E-state index contributed by atoms with van der Waals surface area (Å²) in [5, 5.41) is 22.3. The van der Waals surface area contributed by atoms with Crippen LogP contribution in [0.1, 0.15) is 16.7 Å². The van der Waals surface area contributed by atoms with Crippen LogP contribution in [0.2, 0.25) is 5.02 Å². The number of nitro groups is 2. The normalized spacial score (nSPS) is 10.0. The summed E-state index contributed by atoms with van der Waals surface area (Å²) in [6.07, 6.45) is 0.296. The average Bonchev–Trinajstić information content (AvgIpc) is 2.84. The van der Waals surface area contributed by atoms with Gasteiger partial charge in [0, 0.05) is 29.4 Å². The Bertz CT molecular complexity index is 1170. The molecule has 0 aliphatic heterocycles. The van der Waals surface area contributed by atoms with Gasteiger partial charge in [-0.05, 0) is 29.8 Å². The molecule has 0 saturated heterocycles. The molecular weight excluding hydrogens is 532 g/mol. The van der Waals surface area contributed by atoms with Crippen molar-refractivity contribution in [1.82, 2.24) is 0 Å². The molecule has 0 unspecified atom stereocenters. The van der Waals surface area contributed by atoms with E-state index in [2.05, 4.69) is 15.9 Å². The minimum atomic E-state index is -0.490. The fourth-order valence-corrected chi connectivity index (χ4v) is 3.86. The van der Waals surface area contributed by atoms with Crippen LogP contribution in [0.3, 0.4) is 0 Å². The first-order valence-electron chi connectivity index (χ1n) is 9.76. The van der Waals surface area contributed by atoms with Crippen molar-refractivity contribution in [2.75, 3.05) is 21.3 Å². The monoisotopic (exact) mass is 552 g/mol. The molecule has 34 heavy (non-hydrogen) atoms. The Morgan fingerprint density at radius 1 is 0.824 bits per heavy atom. The predicted molar refractivity (Wildman–Crippen MR) is 133 cm³/mol. The number of non-ortho nitro benzene ring substituents is 1. The summed E-state index contributed by atoms with van der Waals surface area (Å²) in [6, 6.07) is 14.9. The molecule has 0 N–H and O–H groups in total. The van der Waals surface area contributed by atoms with Gasteiger partial charge < -0.3 is 14.2 Å². The zero-order valence-electron chi connectivity index (χ0n) is 18.6. The van der Waals surface area contributed by atoms with Crippen molar-refractivity contribution in [1.29, 1.82) is 0 Å². The van der Waals surface area contributed by atoms with Gasteiger partial charge in [0.05, 0.1) is 36.7 Å². The molecule has 0 aliphatic carbocycles. The van der Waals surface area contributed by atoms with Crippen molar-refractivity contribution < 1.29 is 24.1 Å². The Hall–Kier alpha value is -3.37. The zero-order chi connectivity index (χ0) is 25.3. The molecule has 0 aromatic heterocycles. The van der Waals surface area contributed by atoms with Crippen LogP contribution in [0.5, 0.6) is 17.2 Å². The minimum Gasteiger partial charge on any atom is -0.496 e. The van der Waals surface area contributed by atoms with Gasteiger partial charge in [-0.1, -0.05) is 45.7 Å². The summed E-state index contributed by atoms with van der Waals surface area (Å²) in [6.45, 7) is 0. The number of rotatable bonds is 8. The minimum absolute atomic E-state index is 0.0789. The second-order valence-electron chi connectivity index (χ2n) is 6.71. The molecule has 11 heteroatoms. The van der Waals surface area contributed by atoms with E-state index in [0.29, 0.717) is 34.6 Å². The summed E-state index contributed by atoms with van der Waals surface area (Å²) < 4.78 is 15.5. The number of hydrogen-bond acceptors (Lipinski definition) is 7. The molecule has 0 saturated carbocycles. The molecule has 0 heterocycles. The van der Waals surface area contributed by atoms with Gasteiger partial charge in [0.15, 0.2) is 0 Å². The first-order valence-corrected chi connectivity index (χ1v) is 11.3. The second kappa shape index (κ2) is 12.8. The number of nitrogens with zero attached hydrogens (tertiary/aromatic N) is 2. The van der Waals surface area contributed by atoms with Gasteiger partial charge in [0.2, 0.25) is 0 Å². The van der Waals surface area contributed by atoms with E-state index in [1.807, 2.05) is 18.2 Å². The van der Waals surface area contributed by atoms with Crippen LogP contribution in [-0.2, 0) is 11.8 Å². The van der Waals surface area contributed by atoms with Gasteiger partial charge >= 0.3 is 0 Å². The number of halogens is 2. The SMILES string of the molecule is COc1ccc([N+](=O)[O-])cc1CBr.COc1ccccc1Cc1c(OC)ccc(Cl)c1[N+](=O)[O-]. The number of alkyl halides is 1. The van der Waals surface area contributed by atoms with Crippen molar-refractivity contribution >= 4 is 38.9 Å². The molecule has 3 aromatic rings. The van der Waals surface area contributed by atoms with Gasteiger partial charge in [-0.3, -0.25) is 20.2 Å². The van der Waals surface area contributed by atoms with E-state index in [-0.39, 0.29) is 16.4 Å². The lowest BCUT2D eigenvalue weighted by Gasteiger charge is -2.12. The van der Waals surface area contributed by atoms with Crippen molar-refractivity contribution in [2.24, 2.45) is 0 Å². The molecule has 180 valence electrons. The second-order valence-corrected chi connectivity index (χ2v) is 7.68. The lowest BCUT2D eigenvalue weighted by Crippen LogP contribution is -2.02. The maximum atomic E-state index is 11.3. The summed E-state index contributed by atoms with van der Waals surface area (Å²) in [5.41, 5.74) is 1.97. The van der Waals surface area contributed by atoms with Crippen molar-refractivity contribution in [2.45, 2.75) is 11.8 Å². The number of nitro benzene ring substituents is 2. The molecule has 0 spiro atoms. The molecule has 9 nitrogen and oxygen atoms in total. The maximum Gasteiger partial charge on any atom is 0.295 e. The Morgan fingerprint density at radius 2 is 1.41 bits per heavy atom. The van der Waals surface area contributed by atoms with E-state index in [4.69, 9.17) is 25.8 Å². The fourth-order valence-electron chi connectivity index (χ4n) is 3.17. The first kappa shape index (κ1) is 26.9. The number of ether oxygens (including phenoxy) is 3. The van der Waals surface area contributed by atoms with Crippen LogP contribution in [0.25, 0.3) is 0 Å². The quantitative estimate of drug-likeness (QED) is 0.181. The van der Waals surface area contributed by atoms with Crippen LogP contribution >= 0.6 is 27.5 Å². The van der Waals surface area contributed by atoms with Gasteiger partial charge in [0.1, 0.15) is 22.3 Å². The summed E-state index contributed by atoms with van der Waals surface area (Å²) >= 11 is 9.19. The van der Waals surface area contributed by atoms with Gasteiger partial charge in [-0.15, -0.1) is 0 Å². The van der Waals surface area contributed by atoms with E-state index in [0.717, 1.165) is 11.1 Å². The molecule has 0 aliphatic rings. The van der Waals surface area contributed by atoms with E-state index in [1.54, 1.807) is 25.3 Å².